The Kier molecular flexibility index (Phi) is 42.1. The monoisotopic (exact) mass is 833 g/mol. The van der Waals surface area contributed by atoms with Gasteiger partial charge in [0.05, 0.1) is 13.2 Å². The standard InChI is InChI=1S/C49H85O8P/c1-4-7-9-11-13-15-17-19-21-23-25-27-29-31-33-35-37-39-41-43-48(50)54-45-47(46-56-58(52,53)55-6-3)57-49(51)44-42-40-38-36-34-32-30-28-26-24-22-20-18-16-14-12-10-8-5-2/h8,10,13-16,19-22,26,28,47H,4-7,9,11-12,17-18,23-25,27,29-46H2,1-3H3,(H,52,53)/b10-8-,15-13-,16-14-,21-19-,22-20-,28-26-. The second-order valence-electron chi connectivity index (χ2n) is 15.0. The van der Waals surface area contributed by atoms with E-state index in [4.69, 9.17) is 18.5 Å². The fraction of sp³-hybridized carbons (Fsp3) is 0.714. The van der Waals surface area contributed by atoms with E-state index in [2.05, 4.69) is 86.8 Å². The lowest BCUT2D eigenvalue weighted by Gasteiger charge is -2.19. The number of phosphoric acid groups is 1. The van der Waals surface area contributed by atoms with Crippen LogP contribution in [0.1, 0.15) is 201 Å². The molecule has 58 heavy (non-hydrogen) atoms. The number of hydrogen-bond acceptors (Lipinski definition) is 7. The molecule has 8 nitrogen and oxygen atoms in total. The van der Waals surface area contributed by atoms with Gasteiger partial charge in [0, 0.05) is 12.8 Å². The Hall–Kier alpha value is -2.51. The average Bonchev–Trinajstić information content (AvgIpc) is 3.20. The van der Waals surface area contributed by atoms with Crippen molar-refractivity contribution in [1.29, 1.82) is 0 Å². The van der Waals surface area contributed by atoms with E-state index < -0.39 is 26.5 Å². The third-order valence-electron chi connectivity index (χ3n) is 9.50. The Labute approximate surface area is 355 Å². The number of esters is 2. The summed E-state index contributed by atoms with van der Waals surface area (Å²) in [6, 6.07) is 0. The van der Waals surface area contributed by atoms with Gasteiger partial charge in [0.25, 0.3) is 0 Å². The molecular weight excluding hydrogens is 748 g/mol. The van der Waals surface area contributed by atoms with Gasteiger partial charge in [-0.1, -0.05) is 170 Å². The molecule has 0 radical (unpaired) electrons. The van der Waals surface area contributed by atoms with Crippen LogP contribution in [0.5, 0.6) is 0 Å². The van der Waals surface area contributed by atoms with E-state index in [1.54, 1.807) is 6.92 Å². The van der Waals surface area contributed by atoms with Gasteiger partial charge in [0.1, 0.15) is 6.61 Å². The Balaban J connectivity index is 4.08. The van der Waals surface area contributed by atoms with Crippen LogP contribution in [0.2, 0.25) is 0 Å². The van der Waals surface area contributed by atoms with Crippen molar-refractivity contribution >= 4 is 19.8 Å². The highest BCUT2D eigenvalue weighted by atomic mass is 31.2. The van der Waals surface area contributed by atoms with E-state index in [0.29, 0.717) is 6.42 Å². The molecule has 9 heteroatoms. The average molecular weight is 833 g/mol. The van der Waals surface area contributed by atoms with Crippen LogP contribution >= 0.6 is 7.82 Å². The lowest BCUT2D eigenvalue weighted by Crippen LogP contribution is -2.29. The smallest absolute Gasteiger partial charge is 0.462 e. The predicted octanol–water partition coefficient (Wildman–Crippen LogP) is 14.9. The van der Waals surface area contributed by atoms with Crippen LogP contribution in [-0.4, -0.2) is 42.8 Å². The summed E-state index contributed by atoms with van der Waals surface area (Å²) in [6.07, 6.45) is 55.2. The molecule has 334 valence electrons. The molecule has 0 rings (SSSR count). The van der Waals surface area contributed by atoms with Crippen LogP contribution < -0.4 is 0 Å². The minimum atomic E-state index is -4.29. The zero-order chi connectivity index (χ0) is 42.5. The first-order valence-corrected chi connectivity index (χ1v) is 24.7. The highest BCUT2D eigenvalue weighted by Crippen LogP contribution is 2.43. The van der Waals surface area contributed by atoms with Crippen LogP contribution in [0.4, 0.5) is 0 Å². The van der Waals surface area contributed by atoms with Crippen molar-refractivity contribution in [2.45, 2.75) is 207 Å². The van der Waals surface area contributed by atoms with Crippen molar-refractivity contribution in [3.8, 4) is 0 Å². The molecule has 0 aromatic heterocycles. The molecule has 0 aliphatic carbocycles. The molecule has 2 atom stereocenters. The zero-order valence-electron chi connectivity index (χ0n) is 37.2. The van der Waals surface area contributed by atoms with E-state index in [-0.39, 0.29) is 32.0 Å². The summed E-state index contributed by atoms with van der Waals surface area (Å²) in [4.78, 5) is 34.8. The summed E-state index contributed by atoms with van der Waals surface area (Å²) >= 11 is 0. The SMILES string of the molecule is CC/C=C\C/C=C\C/C=C\C/C=C\CCCCCCCCC(=O)OC(COC(=O)CCCCCCCCCCC/C=C\C/C=C\CCCCC)COP(=O)(O)OCC. The zero-order valence-corrected chi connectivity index (χ0v) is 38.1. The van der Waals surface area contributed by atoms with Gasteiger partial charge in [-0.2, -0.15) is 0 Å². The largest absolute Gasteiger partial charge is 0.472 e. The third kappa shape index (κ3) is 43.1. The number of hydrogen-bond donors (Lipinski definition) is 1. The Morgan fingerprint density at radius 3 is 1.33 bits per heavy atom. The number of phosphoric ester groups is 1. The van der Waals surface area contributed by atoms with Crippen LogP contribution in [0.3, 0.4) is 0 Å². The van der Waals surface area contributed by atoms with Crippen molar-refractivity contribution < 1.29 is 37.6 Å². The Bertz CT molecular complexity index is 1170. The molecule has 0 aliphatic rings. The molecular formula is C49H85O8P. The third-order valence-corrected chi connectivity index (χ3v) is 10.6. The molecule has 0 amide bonds. The Morgan fingerprint density at radius 1 is 0.483 bits per heavy atom. The molecule has 1 N–H and O–H groups in total. The molecule has 0 heterocycles. The van der Waals surface area contributed by atoms with Crippen molar-refractivity contribution in [1.82, 2.24) is 0 Å². The van der Waals surface area contributed by atoms with Gasteiger partial charge in [-0.25, -0.2) is 4.57 Å². The maximum absolute atomic E-state index is 12.6. The molecule has 0 aromatic carbocycles. The second-order valence-corrected chi connectivity index (χ2v) is 16.5. The highest BCUT2D eigenvalue weighted by Gasteiger charge is 2.25. The normalized spacial score (nSPS) is 13.9. The van der Waals surface area contributed by atoms with Gasteiger partial charge < -0.3 is 14.4 Å². The fourth-order valence-corrected chi connectivity index (χ4v) is 6.88. The summed E-state index contributed by atoms with van der Waals surface area (Å²) in [5, 5.41) is 0. The van der Waals surface area contributed by atoms with Crippen LogP contribution in [-0.2, 0) is 32.7 Å². The number of rotatable bonds is 42. The van der Waals surface area contributed by atoms with E-state index in [9.17, 15) is 19.0 Å². The van der Waals surface area contributed by atoms with Crippen LogP contribution in [0, 0.1) is 0 Å². The lowest BCUT2D eigenvalue weighted by atomic mass is 10.1. The molecule has 0 bridgehead atoms. The summed E-state index contributed by atoms with van der Waals surface area (Å²) in [5.74, 6) is -0.821. The summed E-state index contributed by atoms with van der Waals surface area (Å²) in [5.41, 5.74) is 0. The van der Waals surface area contributed by atoms with E-state index in [0.717, 1.165) is 89.9 Å². The molecule has 2 unspecified atom stereocenters. The molecule has 0 saturated heterocycles. The van der Waals surface area contributed by atoms with Gasteiger partial charge in [0.2, 0.25) is 0 Å². The summed E-state index contributed by atoms with van der Waals surface area (Å²) < 4.78 is 32.7. The molecule has 0 fully saturated rings. The number of carbonyl (C=O) groups excluding carboxylic acids is 2. The van der Waals surface area contributed by atoms with Crippen LogP contribution in [0.25, 0.3) is 0 Å². The van der Waals surface area contributed by atoms with Gasteiger partial charge in [-0.3, -0.25) is 18.6 Å². The molecule has 0 aliphatic heterocycles. The molecule has 0 spiro atoms. The maximum atomic E-state index is 12.6. The number of carbonyl (C=O) groups is 2. The number of unbranched alkanes of at least 4 members (excludes halogenated alkanes) is 18. The second kappa shape index (κ2) is 44.1. The maximum Gasteiger partial charge on any atom is 0.472 e. The summed E-state index contributed by atoms with van der Waals surface area (Å²) in [7, 11) is -4.29. The van der Waals surface area contributed by atoms with Crippen molar-refractivity contribution in [2.24, 2.45) is 0 Å². The van der Waals surface area contributed by atoms with Gasteiger partial charge in [-0.15, -0.1) is 0 Å². The highest BCUT2D eigenvalue weighted by molar-refractivity contribution is 7.47. The first-order chi connectivity index (χ1) is 28.3. The van der Waals surface area contributed by atoms with Gasteiger partial charge in [-0.05, 0) is 90.4 Å². The van der Waals surface area contributed by atoms with Crippen molar-refractivity contribution in [3.63, 3.8) is 0 Å². The van der Waals surface area contributed by atoms with Crippen molar-refractivity contribution in [3.05, 3.63) is 72.9 Å². The van der Waals surface area contributed by atoms with Crippen LogP contribution in [0.15, 0.2) is 72.9 Å². The lowest BCUT2D eigenvalue weighted by molar-refractivity contribution is -0.161. The van der Waals surface area contributed by atoms with Gasteiger partial charge in [0.15, 0.2) is 6.10 Å². The summed E-state index contributed by atoms with van der Waals surface area (Å²) in [6.45, 7) is 5.32. The minimum absolute atomic E-state index is 0.00672. The minimum Gasteiger partial charge on any atom is -0.462 e. The first-order valence-electron chi connectivity index (χ1n) is 23.2. The molecule has 0 saturated carbocycles. The number of allylic oxidation sites excluding steroid dienone is 12. The first kappa shape index (κ1) is 55.5. The van der Waals surface area contributed by atoms with Crippen molar-refractivity contribution in [2.75, 3.05) is 19.8 Å². The molecule has 0 aromatic rings. The van der Waals surface area contributed by atoms with E-state index >= 15 is 0 Å². The number of ether oxygens (including phenoxy) is 2. The Morgan fingerprint density at radius 2 is 0.879 bits per heavy atom. The fourth-order valence-electron chi connectivity index (χ4n) is 6.12. The van der Waals surface area contributed by atoms with Gasteiger partial charge >= 0.3 is 19.8 Å². The predicted molar refractivity (Wildman–Crippen MR) is 244 cm³/mol. The van der Waals surface area contributed by atoms with E-state index in [1.807, 2.05) is 0 Å². The topological polar surface area (TPSA) is 108 Å². The quantitative estimate of drug-likeness (QED) is 0.0280. The van der Waals surface area contributed by atoms with E-state index in [1.165, 1.54) is 70.6 Å².